The first kappa shape index (κ1) is 13.9. The summed E-state index contributed by atoms with van der Waals surface area (Å²) in [6, 6.07) is 4.30. The molecule has 0 fully saturated rings. The van der Waals surface area contributed by atoms with Crippen LogP contribution in [0.1, 0.15) is 39.6 Å². The molecule has 0 N–H and O–H groups in total. The van der Waals surface area contributed by atoms with E-state index in [0.29, 0.717) is 6.42 Å². The van der Waals surface area contributed by atoms with E-state index in [4.69, 9.17) is 0 Å². The molecule has 1 atom stereocenters. The molecule has 0 bridgehead atoms. The Balaban J connectivity index is 2.06. The third-order valence-corrected chi connectivity index (χ3v) is 5.27. The normalized spacial score (nSPS) is 17.9. The van der Waals surface area contributed by atoms with Crippen molar-refractivity contribution in [2.24, 2.45) is 0 Å². The maximum atomic E-state index is 14.1. The average Bonchev–Trinajstić information content (AvgIpc) is 2.91. The van der Waals surface area contributed by atoms with Crippen molar-refractivity contribution in [3.05, 3.63) is 55.7 Å². The molecule has 1 aromatic carbocycles. The molecule has 20 heavy (non-hydrogen) atoms. The van der Waals surface area contributed by atoms with E-state index in [1.54, 1.807) is 11.3 Å². The topological polar surface area (TPSA) is 17.1 Å². The van der Waals surface area contributed by atoms with Crippen LogP contribution in [-0.2, 0) is 6.42 Å². The average molecular weight is 357 g/mol. The van der Waals surface area contributed by atoms with Gasteiger partial charge >= 0.3 is 0 Å². The quantitative estimate of drug-likeness (QED) is 0.540. The summed E-state index contributed by atoms with van der Waals surface area (Å²) < 4.78 is 28.0. The smallest absolute Gasteiger partial charge is 0.176 e. The van der Waals surface area contributed by atoms with Crippen molar-refractivity contribution < 1.29 is 13.6 Å². The Kier molecular flexibility index (Phi) is 3.73. The molecule has 1 nitrogen and oxygen atoms in total. The highest BCUT2D eigenvalue weighted by molar-refractivity contribution is 9.10. The van der Waals surface area contributed by atoms with Crippen LogP contribution in [0.25, 0.3) is 0 Å². The van der Waals surface area contributed by atoms with E-state index in [9.17, 15) is 13.6 Å². The van der Waals surface area contributed by atoms with Crippen LogP contribution in [0.5, 0.6) is 0 Å². The lowest BCUT2D eigenvalue weighted by atomic mass is 9.82. The number of fused-ring (bicyclic) bond motifs is 1. The van der Waals surface area contributed by atoms with E-state index in [0.717, 1.165) is 29.3 Å². The van der Waals surface area contributed by atoms with Gasteiger partial charge in [-0.25, -0.2) is 8.78 Å². The molecule has 2 aromatic rings. The predicted molar refractivity (Wildman–Crippen MR) is 78.4 cm³/mol. The second kappa shape index (κ2) is 5.37. The lowest BCUT2D eigenvalue weighted by molar-refractivity contribution is 0.0943. The number of carbonyl (C=O) groups is 1. The molecule has 104 valence electrons. The van der Waals surface area contributed by atoms with Gasteiger partial charge in [0.1, 0.15) is 5.82 Å². The summed E-state index contributed by atoms with van der Waals surface area (Å²) in [5.74, 6) is -2.49. The van der Waals surface area contributed by atoms with Gasteiger partial charge in [0.15, 0.2) is 11.6 Å². The van der Waals surface area contributed by atoms with Gasteiger partial charge < -0.3 is 0 Å². The van der Waals surface area contributed by atoms with Crippen LogP contribution in [-0.4, -0.2) is 5.78 Å². The Bertz CT molecular complexity index is 681. The molecule has 1 aliphatic carbocycles. The maximum Gasteiger partial charge on any atom is 0.176 e. The van der Waals surface area contributed by atoms with Gasteiger partial charge in [-0.3, -0.25) is 4.79 Å². The van der Waals surface area contributed by atoms with Gasteiger partial charge in [0.2, 0.25) is 0 Å². The zero-order chi connectivity index (χ0) is 14.3. The highest BCUT2D eigenvalue weighted by Crippen LogP contribution is 2.38. The Morgan fingerprint density at radius 2 is 2.10 bits per heavy atom. The highest BCUT2D eigenvalue weighted by Gasteiger charge is 2.31. The van der Waals surface area contributed by atoms with Crippen molar-refractivity contribution in [2.45, 2.75) is 25.2 Å². The number of benzene rings is 1. The number of halogens is 3. The summed E-state index contributed by atoms with van der Waals surface area (Å²) in [4.78, 5) is 13.7. The molecule has 1 unspecified atom stereocenters. The molecule has 1 aromatic heterocycles. The second-order valence-electron chi connectivity index (χ2n) is 4.83. The third kappa shape index (κ3) is 2.23. The van der Waals surface area contributed by atoms with Crippen LogP contribution in [0.15, 0.2) is 28.1 Å². The van der Waals surface area contributed by atoms with Gasteiger partial charge in [-0.2, -0.15) is 0 Å². The van der Waals surface area contributed by atoms with Gasteiger partial charge in [0, 0.05) is 10.8 Å². The number of thiophene rings is 1. The van der Waals surface area contributed by atoms with Crippen LogP contribution in [0.3, 0.4) is 0 Å². The molecular formula is C15H11BrF2OS. The first-order valence-corrected chi connectivity index (χ1v) is 8.01. The van der Waals surface area contributed by atoms with Crippen LogP contribution >= 0.6 is 27.3 Å². The zero-order valence-corrected chi connectivity index (χ0v) is 12.9. The summed E-state index contributed by atoms with van der Waals surface area (Å²) in [6.45, 7) is 0. The molecular weight excluding hydrogens is 346 g/mol. The zero-order valence-electron chi connectivity index (χ0n) is 10.5. The predicted octanol–water partition coefficient (Wildman–Crippen LogP) is 5.09. The van der Waals surface area contributed by atoms with Crippen molar-refractivity contribution in [3.8, 4) is 0 Å². The van der Waals surface area contributed by atoms with Gasteiger partial charge in [0.05, 0.1) is 10.0 Å². The monoisotopic (exact) mass is 356 g/mol. The summed E-state index contributed by atoms with van der Waals surface area (Å²) in [5.41, 5.74) is 0.508. The van der Waals surface area contributed by atoms with Crippen LogP contribution in [0.2, 0.25) is 0 Å². The van der Waals surface area contributed by atoms with Crippen molar-refractivity contribution in [1.29, 1.82) is 0 Å². The number of rotatable bonds is 2. The Labute approximate surface area is 127 Å². The number of hydrogen-bond donors (Lipinski definition) is 0. The molecule has 1 aliphatic rings. The molecule has 1 heterocycles. The molecule has 5 heteroatoms. The molecule has 0 aliphatic heterocycles. The standard InChI is InChI=1S/C15H11BrF2OS/c16-10-4-5-11(17)13(14(10)18)15(19)9-2-1-3-12-8(9)6-7-20-12/h4-7,9H,1-3H2. The second-order valence-corrected chi connectivity index (χ2v) is 6.68. The van der Waals surface area contributed by atoms with Gasteiger partial charge in [-0.15, -0.1) is 11.3 Å². The minimum atomic E-state index is -0.808. The number of ketones is 1. The first-order valence-electron chi connectivity index (χ1n) is 6.33. The summed E-state index contributed by atoms with van der Waals surface area (Å²) in [7, 11) is 0. The number of carbonyl (C=O) groups excluding carboxylic acids is 1. The van der Waals surface area contributed by atoms with Crippen molar-refractivity contribution in [2.75, 3.05) is 0 Å². The fourth-order valence-electron chi connectivity index (χ4n) is 2.69. The lowest BCUT2D eigenvalue weighted by Crippen LogP contribution is -2.19. The summed E-state index contributed by atoms with van der Waals surface area (Å²) in [5, 5.41) is 1.93. The molecule has 0 saturated carbocycles. The van der Waals surface area contributed by atoms with Crippen molar-refractivity contribution >= 4 is 33.0 Å². The Morgan fingerprint density at radius 3 is 2.90 bits per heavy atom. The largest absolute Gasteiger partial charge is 0.293 e. The minimum absolute atomic E-state index is 0.114. The number of aryl methyl sites for hydroxylation is 1. The van der Waals surface area contributed by atoms with E-state index >= 15 is 0 Å². The summed E-state index contributed by atoms with van der Waals surface area (Å²) in [6.07, 6.45) is 2.47. The van der Waals surface area contributed by atoms with E-state index < -0.39 is 28.9 Å². The van der Waals surface area contributed by atoms with Gasteiger partial charge in [0.25, 0.3) is 0 Å². The Morgan fingerprint density at radius 1 is 1.30 bits per heavy atom. The van der Waals surface area contributed by atoms with E-state index in [-0.39, 0.29) is 4.47 Å². The lowest BCUT2D eigenvalue weighted by Gasteiger charge is -2.22. The van der Waals surface area contributed by atoms with Crippen molar-refractivity contribution in [3.63, 3.8) is 0 Å². The van der Waals surface area contributed by atoms with Gasteiger partial charge in [-0.05, 0) is 64.3 Å². The molecule has 0 radical (unpaired) electrons. The van der Waals surface area contributed by atoms with E-state index in [1.165, 1.54) is 6.07 Å². The van der Waals surface area contributed by atoms with Crippen molar-refractivity contribution in [1.82, 2.24) is 0 Å². The van der Waals surface area contributed by atoms with Crippen LogP contribution in [0.4, 0.5) is 8.78 Å². The fourth-order valence-corrected chi connectivity index (χ4v) is 4.00. The molecule has 0 amide bonds. The maximum absolute atomic E-state index is 14.1. The minimum Gasteiger partial charge on any atom is -0.293 e. The van der Waals surface area contributed by atoms with E-state index in [1.807, 2.05) is 11.4 Å². The SMILES string of the molecule is O=C(c1c(F)ccc(Br)c1F)C1CCCc2sccc21. The molecule has 0 saturated heterocycles. The number of Topliss-reactive ketones (excluding diaryl/α,β-unsaturated/α-hetero) is 1. The molecule has 3 rings (SSSR count). The number of hydrogen-bond acceptors (Lipinski definition) is 2. The van der Waals surface area contributed by atoms with Crippen LogP contribution in [0, 0.1) is 11.6 Å². The van der Waals surface area contributed by atoms with E-state index in [2.05, 4.69) is 15.9 Å². The summed E-state index contributed by atoms with van der Waals surface area (Å²) >= 11 is 4.61. The van der Waals surface area contributed by atoms with Crippen LogP contribution < -0.4 is 0 Å². The first-order chi connectivity index (χ1) is 9.59. The third-order valence-electron chi connectivity index (χ3n) is 3.66. The van der Waals surface area contributed by atoms with Gasteiger partial charge in [-0.1, -0.05) is 0 Å². The Hall–Kier alpha value is -1.07. The molecule has 0 spiro atoms. The fraction of sp³-hybridized carbons (Fsp3) is 0.267. The highest BCUT2D eigenvalue weighted by atomic mass is 79.9.